The van der Waals surface area contributed by atoms with Crippen molar-refractivity contribution in [1.82, 2.24) is 0 Å². The van der Waals surface area contributed by atoms with Crippen LogP contribution in [0.25, 0.3) is 0 Å². The maximum Gasteiger partial charge on any atom is 0.411 e. The van der Waals surface area contributed by atoms with Crippen molar-refractivity contribution >= 4 is 23.4 Å². The van der Waals surface area contributed by atoms with Crippen molar-refractivity contribution in [1.29, 1.82) is 0 Å². The molecule has 1 aromatic carbocycles. The molecule has 4 heteroatoms. The second-order valence-electron chi connectivity index (χ2n) is 4.35. The lowest BCUT2D eigenvalue weighted by Crippen LogP contribution is -2.20. The number of rotatable bonds is 2. The van der Waals surface area contributed by atoms with Crippen LogP contribution in [-0.2, 0) is 4.74 Å². The number of hydrogen-bond acceptors (Lipinski definition) is 2. The predicted octanol–water partition coefficient (Wildman–Crippen LogP) is 4.14. The zero-order valence-electron chi connectivity index (χ0n) is 9.83. The van der Waals surface area contributed by atoms with Crippen LogP contribution in [-0.4, -0.2) is 12.2 Å². The number of carbonyl (C=O) groups is 1. The first-order valence-electron chi connectivity index (χ1n) is 5.89. The number of nitrogens with one attached hydrogen (secondary N) is 1. The van der Waals surface area contributed by atoms with Crippen molar-refractivity contribution in [2.75, 3.05) is 5.32 Å². The summed E-state index contributed by atoms with van der Waals surface area (Å²) in [6.45, 7) is 1.87. The minimum Gasteiger partial charge on any atom is -0.446 e. The second kappa shape index (κ2) is 5.41. The third-order valence-electron chi connectivity index (χ3n) is 3.08. The van der Waals surface area contributed by atoms with E-state index in [-0.39, 0.29) is 12.2 Å². The summed E-state index contributed by atoms with van der Waals surface area (Å²) in [6, 6.07) is 5.42. The lowest BCUT2D eigenvalue weighted by Gasteiger charge is -2.13. The zero-order chi connectivity index (χ0) is 12.3. The normalized spacial score (nSPS) is 15.9. The third-order valence-corrected chi connectivity index (χ3v) is 3.49. The van der Waals surface area contributed by atoms with Crippen LogP contribution < -0.4 is 5.32 Å². The van der Waals surface area contributed by atoms with Crippen molar-refractivity contribution in [3.8, 4) is 0 Å². The lowest BCUT2D eigenvalue weighted by molar-refractivity contribution is 0.114. The van der Waals surface area contributed by atoms with Gasteiger partial charge in [0, 0.05) is 10.7 Å². The molecule has 0 radical (unpaired) electrons. The third kappa shape index (κ3) is 3.13. The van der Waals surface area contributed by atoms with Gasteiger partial charge in [0.25, 0.3) is 0 Å². The van der Waals surface area contributed by atoms with E-state index in [9.17, 15) is 4.79 Å². The molecule has 0 heterocycles. The molecule has 0 aliphatic heterocycles. The van der Waals surface area contributed by atoms with E-state index in [1.165, 1.54) is 0 Å². The molecule has 1 aliphatic rings. The Balaban J connectivity index is 1.95. The Bertz CT molecular complexity index is 414. The summed E-state index contributed by atoms with van der Waals surface area (Å²) in [5, 5.41) is 3.37. The van der Waals surface area contributed by atoms with Gasteiger partial charge in [-0.25, -0.2) is 4.79 Å². The molecular formula is C13H16ClNO2. The summed E-state index contributed by atoms with van der Waals surface area (Å²) >= 11 is 5.98. The maximum atomic E-state index is 11.7. The van der Waals surface area contributed by atoms with Crippen LogP contribution in [0.15, 0.2) is 18.2 Å². The first-order valence-corrected chi connectivity index (χ1v) is 6.27. The SMILES string of the molecule is Cc1c(Cl)cccc1NC(=O)OC1CCCC1. The number of anilines is 1. The van der Waals surface area contributed by atoms with Crippen molar-refractivity contribution in [2.24, 2.45) is 0 Å². The summed E-state index contributed by atoms with van der Waals surface area (Å²) in [5.41, 5.74) is 1.57. The zero-order valence-corrected chi connectivity index (χ0v) is 10.6. The highest BCUT2D eigenvalue weighted by atomic mass is 35.5. The van der Waals surface area contributed by atoms with Gasteiger partial charge in [-0.2, -0.15) is 0 Å². The largest absolute Gasteiger partial charge is 0.446 e. The average Bonchev–Trinajstić information content (AvgIpc) is 2.77. The van der Waals surface area contributed by atoms with Gasteiger partial charge in [-0.3, -0.25) is 5.32 Å². The summed E-state index contributed by atoms with van der Waals surface area (Å²) in [6.07, 6.45) is 3.93. The number of benzene rings is 1. The Morgan fingerprint density at radius 2 is 2.12 bits per heavy atom. The molecule has 1 fully saturated rings. The van der Waals surface area contributed by atoms with Gasteiger partial charge < -0.3 is 4.74 Å². The number of carbonyl (C=O) groups excluding carboxylic acids is 1. The minimum atomic E-state index is -0.387. The van der Waals surface area contributed by atoms with Gasteiger partial charge >= 0.3 is 6.09 Å². The van der Waals surface area contributed by atoms with E-state index in [0.717, 1.165) is 31.2 Å². The molecular weight excluding hydrogens is 238 g/mol. The molecule has 0 bridgehead atoms. The fourth-order valence-electron chi connectivity index (χ4n) is 2.04. The van der Waals surface area contributed by atoms with Gasteiger partial charge in [0.2, 0.25) is 0 Å². The molecule has 0 atom stereocenters. The lowest BCUT2D eigenvalue weighted by atomic mass is 10.2. The second-order valence-corrected chi connectivity index (χ2v) is 4.76. The summed E-state index contributed by atoms with van der Waals surface area (Å²) in [4.78, 5) is 11.7. The molecule has 3 nitrogen and oxygen atoms in total. The molecule has 0 unspecified atom stereocenters. The smallest absolute Gasteiger partial charge is 0.411 e. The summed E-state index contributed by atoms with van der Waals surface area (Å²) < 4.78 is 5.32. The van der Waals surface area contributed by atoms with Gasteiger partial charge in [-0.05, 0) is 50.3 Å². The number of amides is 1. The molecule has 92 valence electrons. The van der Waals surface area contributed by atoms with E-state index in [1.54, 1.807) is 12.1 Å². The Kier molecular flexibility index (Phi) is 3.89. The van der Waals surface area contributed by atoms with Crippen molar-refractivity contribution in [3.63, 3.8) is 0 Å². The summed E-state index contributed by atoms with van der Waals surface area (Å²) in [7, 11) is 0. The van der Waals surface area contributed by atoms with Crippen LogP contribution in [0.1, 0.15) is 31.2 Å². The summed E-state index contributed by atoms with van der Waals surface area (Å²) in [5.74, 6) is 0. The number of ether oxygens (including phenoxy) is 1. The van der Waals surface area contributed by atoms with E-state index in [4.69, 9.17) is 16.3 Å². The van der Waals surface area contributed by atoms with Crippen LogP contribution in [0.2, 0.25) is 5.02 Å². The highest BCUT2D eigenvalue weighted by Gasteiger charge is 2.19. The Hall–Kier alpha value is -1.22. The maximum absolute atomic E-state index is 11.7. The van der Waals surface area contributed by atoms with Crippen LogP contribution in [0.3, 0.4) is 0 Å². The fourth-order valence-corrected chi connectivity index (χ4v) is 2.21. The van der Waals surface area contributed by atoms with Crippen LogP contribution in [0.5, 0.6) is 0 Å². The Morgan fingerprint density at radius 1 is 1.41 bits per heavy atom. The van der Waals surface area contributed by atoms with E-state index in [2.05, 4.69) is 5.32 Å². The van der Waals surface area contributed by atoms with E-state index in [1.807, 2.05) is 13.0 Å². The predicted molar refractivity (Wildman–Crippen MR) is 68.5 cm³/mol. The molecule has 2 rings (SSSR count). The molecule has 0 aromatic heterocycles. The monoisotopic (exact) mass is 253 g/mol. The quantitative estimate of drug-likeness (QED) is 0.860. The van der Waals surface area contributed by atoms with Gasteiger partial charge in [-0.1, -0.05) is 17.7 Å². The van der Waals surface area contributed by atoms with Crippen molar-refractivity contribution in [2.45, 2.75) is 38.7 Å². The topological polar surface area (TPSA) is 38.3 Å². The molecule has 17 heavy (non-hydrogen) atoms. The first-order chi connectivity index (χ1) is 8.16. The molecule has 0 saturated heterocycles. The molecule has 0 spiro atoms. The van der Waals surface area contributed by atoms with Crippen LogP contribution in [0.4, 0.5) is 10.5 Å². The first kappa shape index (κ1) is 12.2. The molecule has 1 aliphatic carbocycles. The molecule has 1 amide bonds. The van der Waals surface area contributed by atoms with Gasteiger partial charge in [-0.15, -0.1) is 0 Å². The molecule has 1 N–H and O–H groups in total. The fraction of sp³-hybridized carbons (Fsp3) is 0.462. The van der Waals surface area contributed by atoms with Crippen LogP contribution in [0, 0.1) is 6.92 Å². The van der Waals surface area contributed by atoms with E-state index in [0.29, 0.717) is 10.7 Å². The minimum absolute atomic E-state index is 0.0782. The van der Waals surface area contributed by atoms with E-state index < -0.39 is 0 Å². The number of hydrogen-bond donors (Lipinski definition) is 1. The Morgan fingerprint density at radius 3 is 2.82 bits per heavy atom. The van der Waals surface area contributed by atoms with Crippen LogP contribution >= 0.6 is 11.6 Å². The average molecular weight is 254 g/mol. The van der Waals surface area contributed by atoms with Gasteiger partial charge in [0.1, 0.15) is 6.10 Å². The molecule has 1 aromatic rings. The van der Waals surface area contributed by atoms with Gasteiger partial charge in [0.05, 0.1) is 0 Å². The number of halogens is 1. The molecule has 1 saturated carbocycles. The standard InChI is InChI=1S/C13H16ClNO2/c1-9-11(14)7-4-8-12(9)15-13(16)17-10-5-2-3-6-10/h4,7-8,10H,2-3,5-6H2,1H3,(H,15,16). The van der Waals surface area contributed by atoms with E-state index >= 15 is 0 Å². The highest BCUT2D eigenvalue weighted by Crippen LogP contribution is 2.24. The van der Waals surface area contributed by atoms with Crippen molar-refractivity contribution in [3.05, 3.63) is 28.8 Å². The van der Waals surface area contributed by atoms with Gasteiger partial charge in [0.15, 0.2) is 0 Å². The highest BCUT2D eigenvalue weighted by molar-refractivity contribution is 6.31. The van der Waals surface area contributed by atoms with Crippen molar-refractivity contribution < 1.29 is 9.53 Å². The Labute approximate surface area is 106 Å².